The maximum atomic E-state index is 14.2. The number of fused-ring (bicyclic) bond motifs is 1. The van der Waals surface area contributed by atoms with Crippen LogP contribution < -0.4 is 5.32 Å². The lowest BCUT2D eigenvalue weighted by Crippen LogP contribution is -2.41. The number of esters is 2. The summed E-state index contributed by atoms with van der Waals surface area (Å²) in [6, 6.07) is -0.340. The summed E-state index contributed by atoms with van der Waals surface area (Å²) in [5, 5.41) is 5.55. The van der Waals surface area contributed by atoms with Crippen LogP contribution in [0.2, 0.25) is 0 Å². The number of amidine groups is 1. The average molecular weight is 440 g/mol. The number of halogens is 2. The molecule has 0 saturated carbocycles. The molecule has 1 unspecified atom stereocenters. The third-order valence-electron chi connectivity index (χ3n) is 5.33. The molecule has 4 rings (SSSR count). The topological polar surface area (TPSA) is 93.1 Å². The summed E-state index contributed by atoms with van der Waals surface area (Å²) in [7, 11) is 0. The fourth-order valence-electron chi connectivity index (χ4n) is 3.89. The fourth-order valence-corrected chi connectivity index (χ4v) is 4.49. The summed E-state index contributed by atoms with van der Waals surface area (Å²) in [6.45, 7) is -0.688. The molecule has 30 heavy (non-hydrogen) atoms. The van der Waals surface area contributed by atoms with E-state index in [2.05, 4.69) is 15.3 Å². The van der Waals surface area contributed by atoms with Gasteiger partial charge in [-0.25, -0.2) is 18.6 Å². The predicted molar refractivity (Wildman–Crippen MR) is 104 cm³/mol. The lowest BCUT2D eigenvalue weighted by atomic mass is 10.0. The normalized spacial score (nSPS) is 25.9. The maximum absolute atomic E-state index is 14.2. The van der Waals surface area contributed by atoms with Crippen molar-refractivity contribution in [2.75, 3.05) is 26.4 Å². The van der Waals surface area contributed by atoms with Crippen LogP contribution in [0.3, 0.4) is 0 Å². The van der Waals surface area contributed by atoms with Crippen LogP contribution >= 0.6 is 11.3 Å². The van der Waals surface area contributed by atoms with Crippen molar-refractivity contribution in [3.05, 3.63) is 27.9 Å². The third-order valence-corrected chi connectivity index (χ3v) is 6.11. The average Bonchev–Trinajstić information content (AvgIpc) is 3.32. The smallest absolute Gasteiger partial charge is 0.340 e. The quantitative estimate of drug-likeness (QED) is 0.669. The summed E-state index contributed by atoms with van der Waals surface area (Å²) < 4.78 is 38.4. The highest BCUT2D eigenvalue weighted by atomic mass is 32.1. The molecule has 0 aromatic carbocycles. The van der Waals surface area contributed by atoms with Crippen LogP contribution in [0.5, 0.6) is 0 Å². The van der Waals surface area contributed by atoms with Gasteiger partial charge in [0, 0.05) is 42.7 Å². The number of hydrogen-bond donors (Lipinski definition) is 1. The summed E-state index contributed by atoms with van der Waals surface area (Å²) in [4.78, 5) is 34.6. The zero-order valence-electron chi connectivity index (χ0n) is 16.2. The second-order valence-corrected chi connectivity index (χ2v) is 8.41. The molecule has 0 amide bonds. The summed E-state index contributed by atoms with van der Waals surface area (Å²) >= 11 is 1.38. The van der Waals surface area contributed by atoms with Crippen molar-refractivity contribution in [3.63, 3.8) is 0 Å². The first kappa shape index (κ1) is 20.9. The van der Waals surface area contributed by atoms with Gasteiger partial charge in [0.2, 0.25) is 6.79 Å². The van der Waals surface area contributed by atoms with E-state index in [9.17, 15) is 18.4 Å². The summed E-state index contributed by atoms with van der Waals surface area (Å²) in [6.07, 6.45) is 3.28. The number of nitrogens with one attached hydrogen (secondary N) is 1. The molecule has 1 aromatic rings. The van der Waals surface area contributed by atoms with Crippen molar-refractivity contribution >= 4 is 29.1 Å². The molecule has 11 heteroatoms. The molecule has 162 valence electrons. The van der Waals surface area contributed by atoms with Gasteiger partial charge < -0.3 is 14.8 Å². The van der Waals surface area contributed by atoms with Crippen molar-refractivity contribution in [2.45, 2.75) is 44.1 Å². The van der Waals surface area contributed by atoms with E-state index in [1.807, 2.05) is 0 Å². The Kier molecular flexibility index (Phi) is 6.09. The molecule has 4 heterocycles. The molecular weight excluding hydrogens is 418 g/mol. The standard InChI is InChI=1S/C19H22F2N4O4S/c20-19(21)7-12-3-1-2-4-15(26)28-11-29-18(27)13-8-23-16(17-22-5-6-30-17)24-14(13)9-25(12)10-19/h5-6,12H,1-4,7-11H2,(H,23,24). The van der Waals surface area contributed by atoms with Crippen LogP contribution in [-0.4, -0.2) is 66.0 Å². The van der Waals surface area contributed by atoms with Gasteiger partial charge in [-0.3, -0.25) is 14.7 Å². The number of aliphatic imine (C=N–C) groups is 1. The number of cyclic esters (lactones) is 2. The van der Waals surface area contributed by atoms with E-state index in [4.69, 9.17) is 9.47 Å². The van der Waals surface area contributed by atoms with Gasteiger partial charge in [-0.15, -0.1) is 11.3 Å². The van der Waals surface area contributed by atoms with Gasteiger partial charge in [0.05, 0.1) is 18.7 Å². The van der Waals surface area contributed by atoms with E-state index in [0.29, 0.717) is 35.8 Å². The molecule has 1 N–H and O–H groups in total. The molecule has 1 saturated heterocycles. The van der Waals surface area contributed by atoms with E-state index in [1.54, 1.807) is 16.5 Å². The Morgan fingerprint density at radius 1 is 1.27 bits per heavy atom. The molecule has 8 nitrogen and oxygen atoms in total. The first-order valence-corrected chi connectivity index (χ1v) is 10.7. The van der Waals surface area contributed by atoms with Gasteiger partial charge in [0.1, 0.15) is 0 Å². The van der Waals surface area contributed by atoms with Gasteiger partial charge >= 0.3 is 11.9 Å². The van der Waals surface area contributed by atoms with E-state index >= 15 is 0 Å². The summed E-state index contributed by atoms with van der Waals surface area (Å²) in [5.41, 5.74) is 0.698. The minimum Gasteiger partial charge on any atom is -0.428 e. The largest absolute Gasteiger partial charge is 0.428 e. The van der Waals surface area contributed by atoms with Crippen LogP contribution in [0.15, 0.2) is 27.8 Å². The van der Waals surface area contributed by atoms with E-state index in [0.717, 1.165) is 0 Å². The number of alkyl halides is 2. The SMILES string of the molecule is O=C1CCCCC2CC(F)(F)CN2CC2=C(CN=C(c3nccs3)N2)C(=O)OCO1. The van der Waals surface area contributed by atoms with Crippen LogP contribution in [0, 0.1) is 0 Å². The number of thiazole rings is 1. The summed E-state index contributed by atoms with van der Waals surface area (Å²) in [5.74, 6) is -3.47. The Hall–Kier alpha value is -2.40. The first-order valence-electron chi connectivity index (χ1n) is 9.79. The lowest BCUT2D eigenvalue weighted by molar-refractivity contribution is -0.164. The van der Waals surface area contributed by atoms with Crippen molar-refractivity contribution in [1.29, 1.82) is 0 Å². The molecule has 0 spiro atoms. The van der Waals surface area contributed by atoms with Gasteiger partial charge in [-0.1, -0.05) is 6.42 Å². The number of ether oxygens (including phenoxy) is 2. The van der Waals surface area contributed by atoms with Gasteiger partial charge in [0.25, 0.3) is 5.92 Å². The first-order chi connectivity index (χ1) is 14.4. The Labute approximate surface area is 176 Å². The van der Waals surface area contributed by atoms with Crippen molar-refractivity contribution in [2.24, 2.45) is 4.99 Å². The number of hydrogen-bond acceptors (Lipinski definition) is 9. The molecule has 0 aliphatic carbocycles. The molecule has 1 fully saturated rings. The van der Waals surface area contributed by atoms with Crippen molar-refractivity contribution in [3.8, 4) is 0 Å². The van der Waals surface area contributed by atoms with Crippen LogP contribution in [0.1, 0.15) is 37.1 Å². The van der Waals surface area contributed by atoms with Gasteiger partial charge in [0.15, 0.2) is 10.8 Å². The molecule has 3 aliphatic heterocycles. The van der Waals surface area contributed by atoms with E-state index < -0.39 is 24.7 Å². The van der Waals surface area contributed by atoms with Crippen molar-refractivity contribution < 1.29 is 27.8 Å². The van der Waals surface area contributed by atoms with E-state index in [1.165, 1.54) is 11.3 Å². The van der Waals surface area contributed by atoms with Gasteiger partial charge in [-0.2, -0.15) is 0 Å². The monoisotopic (exact) mass is 440 g/mol. The number of rotatable bonds is 1. The van der Waals surface area contributed by atoms with Crippen molar-refractivity contribution in [1.82, 2.24) is 15.2 Å². The molecular formula is C19H22F2N4O4S. The fraction of sp³-hybridized carbons (Fsp3) is 0.579. The Bertz CT molecular complexity index is 872. The van der Waals surface area contributed by atoms with Crippen LogP contribution in [0.25, 0.3) is 0 Å². The molecule has 3 aliphatic rings. The molecule has 0 radical (unpaired) electrons. The van der Waals surface area contributed by atoms with Gasteiger partial charge in [-0.05, 0) is 12.8 Å². The Morgan fingerprint density at radius 3 is 2.93 bits per heavy atom. The van der Waals surface area contributed by atoms with Crippen LogP contribution in [-0.2, 0) is 19.1 Å². The molecule has 1 atom stereocenters. The maximum Gasteiger partial charge on any atom is 0.340 e. The highest BCUT2D eigenvalue weighted by Gasteiger charge is 2.45. The number of carbonyl (C=O) groups excluding carboxylic acids is 2. The molecule has 0 bridgehead atoms. The second-order valence-electron chi connectivity index (χ2n) is 7.51. The van der Waals surface area contributed by atoms with Crippen LogP contribution in [0.4, 0.5) is 8.78 Å². The van der Waals surface area contributed by atoms with E-state index in [-0.39, 0.29) is 44.1 Å². The highest BCUT2D eigenvalue weighted by molar-refractivity contribution is 7.11. The Morgan fingerprint density at radius 2 is 2.13 bits per heavy atom. The minimum absolute atomic E-state index is 0.0267. The zero-order chi connectivity index (χ0) is 21.1. The Balaban J connectivity index is 1.60. The number of carbonyl (C=O) groups is 2. The second kappa shape index (κ2) is 8.76. The third kappa shape index (κ3) is 4.84. The zero-order valence-corrected chi connectivity index (χ0v) is 17.1. The number of aromatic nitrogens is 1. The predicted octanol–water partition coefficient (Wildman–Crippen LogP) is 2.07. The lowest BCUT2D eigenvalue weighted by Gasteiger charge is -2.28. The highest BCUT2D eigenvalue weighted by Crippen LogP contribution is 2.35. The minimum atomic E-state index is -2.79. The number of nitrogens with zero attached hydrogens (tertiary/aromatic N) is 3. The molecule has 1 aromatic heterocycles.